The van der Waals surface area contributed by atoms with Crippen molar-refractivity contribution < 1.29 is 4.79 Å². The largest absolute Gasteiger partial charge is 0.365 e. The molecule has 2 aromatic heterocycles. The Kier molecular flexibility index (Phi) is 4.68. The highest BCUT2D eigenvalue weighted by Crippen LogP contribution is 2.24. The fourth-order valence-corrected chi connectivity index (χ4v) is 3.47. The number of pyridine rings is 1. The van der Waals surface area contributed by atoms with Crippen LogP contribution in [0.5, 0.6) is 0 Å². The van der Waals surface area contributed by atoms with E-state index in [1.807, 2.05) is 24.0 Å². The van der Waals surface area contributed by atoms with E-state index in [1.54, 1.807) is 30.5 Å². The minimum absolute atomic E-state index is 0.0528. The van der Waals surface area contributed by atoms with E-state index < -0.39 is 0 Å². The lowest BCUT2D eigenvalue weighted by Crippen LogP contribution is -2.35. The van der Waals surface area contributed by atoms with Crippen LogP contribution >= 0.6 is 0 Å². The number of amides is 1. The molecule has 0 bridgehead atoms. The van der Waals surface area contributed by atoms with Crippen LogP contribution in [-0.4, -0.2) is 54.6 Å². The Morgan fingerprint density at radius 1 is 1.32 bits per heavy atom. The van der Waals surface area contributed by atoms with E-state index >= 15 is 0 Å². The number of nitrogens with zero attached hydrogens (tertiary/aromatic N) is 7. The summed E-state index contributed by atoms with van der Waals surface area (Å²) in [4.78, 5) is 20.7. The predicted molar refractivity (Wildman–Crippen MR) is 101 cm³/mol. The summed E-state index contributed by atoms with van der Waals surface area (Å²) in [6.07, 6.45) is 3.72. The van der Waals surface area contributed by atoms with Gasteiger partial charge >= 0.3 is 0 Å². The molecule has 9 heteroatoms. The maximum Gasteiger partial charge on any atom is 0.256 e. The van der Waals surface area contributed by atoms with E-state index in [0.29, 0.717) is 29.2 Å². The highest BCUT2D eigenvalue weighted by Gasteiger charge is 2.34. The smallest absolute Gasteiger partial charge is 0.256 e. The maximum atomic E-state index is 13.2. The predicted octanol–water partition coefficient (Wildman–Crippen LogP) is 1.64. The molecule has 1 aliphatic heterocycles. The van der Waals surface area contributed by atoms with Crippen LogP contribution in [0.2, 0.25) is 0 Å². The van der Waals surface area contributed by atoms with Gasteiger partial charge in [-0.1, -0.05) is 12.1 Å². The average molecular weight is 374 g/mol. The summed E-state index contributed by atoms with van der Waals surface area (Å²) in [6, 6.07) is 12.8. The molecule has 3 heterocycles. The molecule has 28 heavy (non-hydrogen) atoms. The van der Waals surface area contributed by atoms with Gasteiger partial charge in [0.15, 0.2) is 6.33 Å². The quantitative estimate of drug-likeness (QED) is 0.739. The second-order valence-corrected chi connectivity index (χ2v) is 6.67. The van der Waals surface area contributed by atoms with Crippen molar-refractivity contribution in [2.24, 2.45) is 0 Å². The average Bonchev–Trinajstić information content (AvgIpc) is 3.37. The van der Waals surface area contributed by atoms with Crippen molar-refractivity contribution in [2.45, 2.75) is 25.4 Å². The Morgan fingerprint density at radius 3 is 2.96 bits per heavy atom. The third kappa shape index (κ3) is 3.40. The zero-order valence-electron chi connectivity index (χ0n) is 15.2. The SMILES string of the molecule is C[C@@H]1C[C@@H](Nc2cc(C#N)ccn2)CN1C(=O)c1ccccc1-n1ncnn1. The first-order valence-electron chi connectivity index (χ1n) is 8.92. The third-order valence-corrected chi connectivity index (χ3v) is 4.78. The van der Waals surface area contributed by atoms with Crippen LogP contribution < -0.4 is 5.32 Å². The number of likely N-dealkylation sites (tertiary alicyclic amines) is 1. The van der Waals surface area contributed by atoms with E-state index in [4.69, 9.17) is 5.26 Å². The van der Waals surface area contributed by atoms with Crippen LogP contribution in [0.3, 0.4) is 0 Å². The van der Waals surface area contributed by atoms with Crippen LogP contribution in [0.15, 0.2) is 48.9 Å². The van der Waals surface area contributed by atoms with Gasteiger partial charge in [-0.05, 0) is 42.8 Å². The van der Waals surface area contributed by atoms with Crippen LogP contribution in [0, 0.1) is 11.3 Å². The lowest BCUT2D eigenvalue weighted by atomic mass is 10.1. The lowest BCUT2D eigenvalue weighted by molar-refractivity contribution is 0.0746. The lowest BCUT2D eigenvalue weighted by Gasteiger charge is -2.22. The molecule has 0 unspecified atom stereocenters. The van der Waals surface area contributed by atoms with E-state index in [1.165, 1.54) is 11.1 Å². The molecule has 4 rings (SSSR count). The number of hydrogen-bond donors (Lipinski definition) is 1. The van der Waals surface area contributed by atoms with Crippen LogP contribution in [0.25, 0.3) is 5.69 Å². The van der Waals surface area contributed by atoms with Gasteiger partial charge in [0.2, 0.25) is 0 Å². The summed E-state index contributed by atoms with van der Waals surface area (Å²) in [5, 5.41) is 24.0. The van der Waals surface area contributed by atoms with E-state index in [9.17, 15) is 4.79 Å². The minimum Gasteiger partial charge on any atom is -0.365 e. The number of rotatable bonds is 4. The Bertz CT molecular complexity index is 1030. The summed E-state index contributed by atoms with van der Waals surface area (Å²) < 4.78 is 0. The molecule has 140 valence electrons. The van der Waals surface area contributed by atoms with Gasteiger partial charge in [-0.2, -0.15) is 5.26 Å². The van der Waals surface area contributed by atoms with E-state index in [-0.39, 0.29) is 18.0 Å². The highest BCUT2D eigenvalue weighted by molar-refractivity contribution is 5.98. The number of benzene rings is 1. The molecule has 0 spiro atoms. The van der Waals surface area contributed by atoms with Crippen molar-refractivity contribution >= 4 is 11.7 Å². The fraction of sp³-hybridized carbons (Fsp3) is 0.263. The molecule has 1 saturated heterocycles. The van der Waals surface area contributed by atoms with Crippen molar-refractivity contribution in [3.8, 4) is 11.8 Å². The molecule has 0 aliphatic carbocycles. The number of nitriles is 1. The van der Waals surface area contributed by atoms with Crippen molar-refractivity contribution in [3.05, 3.63) is 60.0 Å². The zero-order chi connectivity index (χ0) is 19.5. The van der Waals surface area contributed by atoms with Gasteiger partial charge < -0.3 is 10.2 Å². The highest BCUT2D eigenvalue weighted by atomic mass is 16.2. The Hall–Kier alpha value is -3.80. The number of hydrogen-bond acceptors (Lipinski definition) is 7. The molecule has 2 atom stereocenters. The molecule has 1 N–H and O–H groups in total. The molecule has 1 aliphatic rings. The summed E-state index contributed by atoms with van der Waals surface area (Å²) in [6.45, 7) is 2.56. The second-order valence-electron chi connectivity index (χ2n) is 6.67. The molecular weight excluding hydrogens is 356 g/mol. The van der Waals surface area contributed by atoms with Gasteiger partial charge in [0.25, 0.3) is 5.91 Å². The van der Waals surface area contributed by atoms with Crippen molar-refractivity contribution in [1.82, 2.24) is 30.1 Å². The van der Waals surface area contributed by atoms with Crippen molar-refractivity contribution in [1.29, 1.82) is 5.26 Å². The Morgan fingerprint density at radius 2 is 2.18 bits per heavy atom. The standard InChI is InChI=1S/C19H18N8O/c1-13-8-15(24-18-9-14(10-20)6-7-21-18)11-26(13)19(28)16-4-2-3-5-17(16)27-23-12-22-25-27/h2-7,9,12-13,15H,8,11H2,1H3,(H,21,24)/t13-,15-/m1/s1. The fourth-order valence-electron chi connectivity index (χ4n) is 3.47. The first-order valence-corrected chi connectivity index (χ1v) is 8.92. The molecule has 1 fully saturated rings. The molecule has 1 amide bonds. The van der Waals surface area contributed by atoms with Gasteiger partial charge in [-0.15, -0.1) is 15.0 Å². The van der Waals surface area contributed by atoms with Gasteiger partial charge in [0, 0.05) is 24.8 Å². The van der Waals surface area contributed by atoms with Crippen LogP contribution in [0.1, 0.15) is 29.3 Å². The third-order valence-electron chi connectivity index (χ3n) is 4.78. The Balaban J connectivity index is 1.53. The zero-order valence-corrected chi connectivity index (χ0v) is 15.2. The van der Waals surface area contributed by atoms with E-state index in [0.717, 1.165) is 6.42 Å². The molecule has 0 saturated carbocycles. The van der Waals surface area contributed by atoms with Gasteiger partial charge in [-0.25, -0.2) is 4.98 Å². The number of aromatic nitrogens is 5. The number of anilines is 1. The van der Waals surface area contributed by atoms with Gasteiger partial charge in [0.05, 0.1) is 17.2 Å². The molecule has 3 aromatic rings. The topological polar surface area (TPSA) is 113 Å². The van der Waals surface area contributed by atoms with E-state index in [2.05, 4.69) is 31.8 Å². The van der Waals surface area contributed by atoms with Gasteiger partial charge in [0.1, 0.15) is 11.5 Å². The number of carbonyl (C=O) groups excluding carboxylic acids is 1. The van der Waals surface area contributed by atoms with Crippen LogP contribution in [-0.2, 0) is 0 Å². The first-order chi connectivity index (χ1) is 13.7. The number of para-hydroxylation sites is 1. The minimum atomic E-state index is -0.0802. The normalized spacial score (nSPS) is 18.6. The summed E-state index contributed by atoms with van der Waals surface area (Å²) in [5.41, 5.74) is 1.67. The van der Waals surface area contributed by atoms with Crippen molar-refractivity contribution in [3.63, 3.8) is 0 Å². The molecule has 1 aromatic carbocycles. The van der Waals surface area contributed by atoms with Gasteiger partial charge in [-0.3, -0.25) is 4.79 Å². The summed E-state index contributed by atoms with van der Waals surface area (Å²) in [5.74, 6) is 0.557. The molecule has 9 nitrogen and oxygen atoms in total. The maximum absolute atomic E-state index is 13.2. The molecule has 0 radical (unpaired) electrons. The summed E-state index contributed by atoms with van der Waals surface area (Å²) in [7, 11) is 0. The first kappa shape index (κ1) is 17.6. The molecular formula is C19H18N8O. The monoisotopic (exact) mass is 374 g/mol. The number of nitrogens with one attached hydrogen (secondary N) is 1. The van der Waals surface area contributed by atoms with Crippen molar-refractivity contribution in [2.75, 3.05) is 11.9 Å². The second kappa shape index (κ2) is 7.44. The van der Waals surface area contributed by atoms with Crippen LogP contribution in [0.4, 0.5) is 5.82 Å². The number of carbonyl (C=O) groups is 1. The Labute approximate surface area is 161 Å². The summed E-state index contributed by atoms with van der Waals surface area (Å²) >= 11 is 0. The number of tetrazole rings is 1.